The van der Waals surface area contributed by atoms with E-state index in [9.17, 15) is 31.1 Å². The van der Waals surface area contributed by atoms with Crippen LogP contribution in [0, 0.1) is 23.4 Å². The second kappa shape index (κ2) is 10.9. The molecule has 3 aromatic carbocycles. The van der Waals surface area contributed by atoms with Crippen molar-refractivity contribution in [1.82, 2.24) is 9.80 Å². The molecule has 0 radical (unpaired) electrons. The predicted octanol–water partition coefficient (Wildman–Crippen LogP) is 5.80. The Morgan fingerprint density at radius 2 is 1.46 bits per heavy atom. The summed E-state index contributed by atoms with van der Waals surface area (Å²) in [5.41, 5.74) is -0.100. The fraction of sp³-hybridized carbons (Fsp3) is 0.345. The third-order valence-corrected chi connectivity index (χ3v) is 7.60. The molecule has 2 atom stereocenters. The van der Waals surface area contributed by atoms with Crippen LogP contribution in [0.4, 0.5) is 32.0 Å². The Morgan fingerprint density at radius 3 is 2.10 bits per heavy atom. The molecular formula is C29H27F6N3O. The van der Waals surface area contributed by atoms with Crippen LogP contribution in [0.2, 0.25) is 0 Å². The number of hydrogen-bond acceptors (Lipinski definition) is 3. The first-order valence-corrected chi connectivity index (χ1v) is 12.7. The minimum atomic E-state index is -4.52. The van der Waals surface area contributed by atoms with Crippen molar-refractivity contribution in [2.75, 3.05) is 50.7 Å². The van der Waals surface area contributed by atoms with E-state index in [1.807, 2.05) is 0 Å². The molecule has 206 valence electrons. The summed E-state index contributed by atoms with van der Waals surface area (Å²) in [6.07, 6.45) is -4.52. The summed E-state index contributed by atoms with van der Waals surface area (Å²) in [5, 5.41) is 0. The highest BCUT2D eigenvalue weighted by atomic mass is 19.4. The standard InChI is InChI=1S/C29H27F6N3O/c30-22-7-9-23(10-8-22)37-13-11-36(12-14-37)16-20-17-38(28(39)27-25(31)5-2-6-26(27)32)18-24(20)19-3-1-4-21(15-19)29(33,34)35/h1-10,15,20,24H,11-14,16-18H2. The molecule has 2 saturated heterocycles. The van der Waals surface area contributed by atoms with Crippen molar-refractivity contribution in [2.24, 2.45) is 5.92 Å². The number of alkyl halides is 3. The van der Waals surface area contributed by atoms with Gasteiger partial charge in [-0.25, -0.2) is 13.2 Å². The predicted molar refractivity (Wildman–Crippen MR) is 135 cm³/mol. The number of piperazine rings is 1. The highest BCUT2D eigenvalue weighted by Gasteiger charge is 2.40. The van der Waals surface area contributed by atoms with Crippen LogP contribution in [-0.2, 0) is 6.18 Å². The molecular weight excluding hydrogens is 520 g/mol. The van der Waals surface area contributed by atoms with Crippen molar-refractivity contribution in [3.8, 4) is 0 Å². The van der Waals surface area contributed by atoms with Crippen LogP contribution >= 0.6 is 0 Å². The van der Waals surface area contributed by atoms with Crippen molar-refractivity contribution >= 4 is 11.6 Å². The van der Waals surface area contributed by atoms with Gasteiger partial charge in [-0.1, -0.05) is 24.3 Å². The highest BCUT2D eigenvalue weighted by molar-refractivity contribution is 5.95. The second-order valence-electron chi connectivity index (χ2n) is 10.1. The lowest BCUT2D eigenvalue weighted by molar-refractivity contribution is -0.137. The Kier molecular flexibility index (Phi) is 7.57. The number of hydrogen-bond donors (Lipinski definition) is 0. The number of carbonyl (C=O) groups excluding carboxylic acids is 1. The molecule has 0 bridgehead atoms. The van der Waals surface area contributed by atoms with Crippen LogP contribution in [0.1, 0.15) is 27.4 Å². The average Bonchev–Trinajstić information content (AvgIpc) is 3.33. The molecule has 0 spiro atoms. The highest BCUT2D eigenvalue weighted by Crippen LogP contribution is 2.38. The van der Waals surface area contributed by atoms with E-state index < -0.39 is 40.8 Å². The minimum absolute atomic E-state index is 0.0497. The molecule has 2 heterocycles. The maximum Gasteiger partial charge on any atom is 0.416 e. The van der Waals surface area contributed by atoms with Crippen LogP contribution in [0.15, 0.2) is 66.7 Å². The maximum absolute atomic E-state index is 14.4. The fourth-order valence-electron chi connectivity index (χ4n) is 5.58. The number of rotatable bonds is 5. The molecule has 4 nitrogen and oxygen atoms in total. The molecule has 2 unspecified atom stereocenters. The summed E-state index contributed by atoms with van der Waals surface area (Å²) in [6, 6.07) is 14.5. The smallest absolute Gasteiger partial charge is 0.369 e. The quantitative estimate of drug-likeness (QED) is 0.378. The summed E-state index contributed by atoms with van der Waals surface area (Å²) >= 11 is 0. The largest absolute Gasteiger partial charge is 0.416 e. The molecule has 2 aliphatic rings. The van der Waals surface area contributed by atoms with Crippen molar-refractivity contribution in [3.05, 3.63) is 101 Å². The number of likely N-dealkylation sites (tertiary alicyclic amines) is 1. The van der Waals surface area contributed by atoms with Crippen molar-refractivity contribution in [1.29, 1.82) is 0 Å². The Hall–Kier alpha value is -3.53. The fourth-order valence-corrected chi connectivity index (χ4v) is 5.58. The number of carbonyl (C=O) groups is 1. The van der Waals surface area contributed by atoms with Crippen LogP contribution in [0.25, 0.3) is 0 Å². The minimum Gasteiger partial charge on any atom is -0.369 e. The zero-order chi connectivity index (χ0) is 27.7. The van der Waals surface area contributed by atoms with E-state index in [1.54, 1.807) is 18.2 Å². The molecule has 2 aliphatic heterocycles. The Morgan fingerprint density at radius 1 is 0.821 bits per heavy atom. The molecule has 0 aromatic heterocycles. The van der Waals surface area contributed by atoms with Gasteiger partial charge in [-0.2, -0.15) is 13.2 Å². The van der Waals surface area contributed by atoms with Gasteiger partial charge in [0.15, 0.2) is 0 Å². The zero-order valence-electron chi connectivity index (χ0n) is 21.0. The summed E-state index contributed by atoms with van der Waals surface area (Å²) in [4.78, 5) is 18.8. The maximum atomic E-state index is 14.4. The lowest BCUT2D eigenvalue weighted by atomic mass is 9.87. The van der Waals surface area contributed by atoms with E-state index in [-0.39, 0.29) is 24.8 Å². The topological polar surface area (TPSA) is 26.8 Å². The van der Waals surface area contributed by atoms with Gasteiger partial charge in [0.25, 0.3) is 5.91 Å². The van der Waals surface area contributed by atoms with Gasteiger partial charge in [-0.3, -0.25) is 9.69 Å². The van der Waals surface area contributed by atoms with Crippen molar-refractivity contribution < 1.29 is 31.1 Å². The summed E-state index contributed by atoms with van der Waals surface area (Å²) in [7, 11) is 0. The van der Waals surface area contributed by atoms with Gasteiger partial charge in [-0.05, 0) is 53.9 Å². The van der Waals surface area contributed by atoms with Gasteiger partial charge < -0.3 is 9.80 Å². The van der Waals surface area contributed by atoms with Crippen molar-refractivity contribution in [2.45, 2.75) is 12.1 Å². The molecule has 10 heteroatoms. The molecule has 39 heavy (non-hydrogen) atoms. The lowest BCUT2D eigenvalue weighted by Gasteiger charge is -2.38. The van der Waals surface area contributed by atoms with E-state index in [0.29, 0.717) is 38.3 Å². The molecule has 2 fully saturated rings. The number of amides is 1. The number of halogens is 6. The van der Waals surface area contributed by atoms with Gasteiger partial charge in [0, 0.05) is 57.4 Å². The third kappa shape index (κ3) is 5.90. The summed E-state index contributed by atoms with van der Waals surface area (Å²) < 4.78 is 82.4. The van der Waals surface area contributed by atoms with Gasteiger partial charge in [0.2, 0.25) is 0 Å². The van der Waals surface area contributed by atoms with Crippen molar-refractivity contribution in [3.63, 3.8) is 0 Å². The Balaban J connectivity index is 1.35. The van der Waals surface area contributed by atoms with Gasteiger partial charge in [0.05, 0.1) is 5.56 Å². The molecule has 0 aliphatic carbocycles. The van der Waals surface area contributed by atoms with E-state index in [0.717, 1.165) is 30.0 Å². The first-order valence-electron chi connectivity index (χ1n) is 12.7. The Bertz CT molecular complexity index is 1300. The molecule has 3 aromatic rings. The van der Waals surface area contributed by atoms with E-state index >= 15 is 0 Å². The molecule has 0 N–H and O–H groups in total. The summed E-state index contributed by atoms with van der Waals surface area (Å²) in [5.74, 6) is -3.77. The molecule has 5 rings (SSSR count). The molecule has 1 amide bonds. The van der Waals surface area contributed by atoms with Gasteiger partial charge >= 0.3 is 6.18 Å². The third-order valence-electron chi connectivity index (χ3n) is 7.60. The SMILES string of the molecule is O=C(c1c(F)cccc1F)N1CC(CN2CCN(c3ccc(F)cc3)CC2)C(c2cccc(C(F)(F)F)c2)C1. The normalized spacial score (nSPS) is 20.5. The van der Waals surface area contributed by atoms with Crippen LogP contribution < -0.4 is 4.90 Å². The van der Waals surface area contributed by atoms with E-state index in [1.165, 1.54) is 29.2 Å². The number of anilines is 1. The van der Waals surface area contributed by atoms with Crippen LogP contribution in [0.3, 0.4) is 0 Å². The van der Waals surface area contributed by atoms with Crippen LogP contribution in [0.5, 0.6) is 0 Å². The number of benzene rings is 3. The lowest BCUT2D eigenvalue weighted by Crippen LogP contribution is -2.48. The zero-order valence-corrected chi connectivity index (χ0v) is 21.0. The average molecular weight is 548 g/mol. The van der Waals surface area contributed by atoms with E-state index in [2.05, 4.69) is 9.80 Å². The Labute approximate surface area is 222 Å². The van der Waals surface area contributed by atoms with E-state index in [4.69, 9.17) is 0 Å². The monoisotopic (exact) mass is 547 g/mol. The number of nitrogens with zero attached hydrogens (tertiary/aromatic N) is 3. The first kappa shape index (κ1) is 27.1. The second-order valence-corrected chi connectivity index (χ2v) is 10.1. The molecule has 0 saturated carbocycles. The van der Waals surface area contributed by atoms with Gasteiger partial charge in [0.1, 0.15) is 23.0 Å². The van der Waals surface area contributed by atoms with Gasteiger partial charge in [-0.15, -0.1) is 0 Å². The summed E-state index contributed by atoms with van der Waals surface area (Å²) in [6.45, 7) is 3.39. The van der Waals surface area contributed by atoms with Crippen LogP contribution in [-0.4, -0.2) is 61.5 Å². The first-order chi connectivity index (χ1) is 18.6.